The predicted molar refractivity (Wildman–Crippen MR) is 83.8 cm³/mol. The third-order valence-electron chi connectivity index (χ3n) is 4.00. The quantitative estimate of drug-likeness (QED) is 0.916. The number of rotatable bonds is 5. The van der Waals surface area contributed by atoms with Gasteiger partial charge >= 0.3 is 0 Å². The van der Waals surface area contributed by atoms with E-state index in [1.54, 1.807) is 11.1 Å². The normalized spacial score (nSPS) is 14.8. The average Bonchev–Trinajstić information content (AvgIpc) is 3.22. The molecule has 0 spiro atoms. The lowest BCUT2D eigenvalue weighted by atomic mass is 10.1. The van der Waals surface area contributed by atoms with Crippen LogP contribution in [0.4, 0.5) is 0 Å². The summed E-state index contributed by atoms with van der Waals surface area (Å²) in [6.45, 7) is 6.34. The lowest BCUT2D eigenvalue weighted by molar-refractivity contribution is 0.0709. The first-order valence-corrected chi connectivity index (χ1v) is 7.79. The molecular weight excluding hydrogens is 280 g/mol. The third kappa shape index (κ3) is 2.59. The van der Waals surface area contributed by atoms with E-state index in [0.29, 0.717) is 12.1 Å². The van der Waals surface area contributed by atoms with Gasteiger partial charge in [-0.1, -0.05) is 0 Å². The average molecular weight is 302 g/mol. The molecule has 2 aromatic heterocycles. The number of pyridine rings is 1. The molecule has 0 aromatic carbocycles. The maximum Gasteiger partial charge on any atom is 0.255 e. The van der Waals surface area contributed by atoms with Crippen molar-refractivity contribution < 1.29 is 9.90 Å². The van der Waals surface area contributed by atoms with Gasteiger partial charge in [-0.15, -0.1) is 0 Å². The molecule has 1 fully saturated rings. The van der Waals surface area contributed by atoms with Crippen LogP contribution in [0.1, 0.15) is 48.8 Å². The van der Waals surface area contributed by atoms with E-state index in [9.17, 15) is 9.90 Å². The first-order valence-electron chi connectivity index (χ1n) is 7.79. The molecule has 1 saturated carbocycles. The Morgan fingerprint density at radius 2 is 2.23 bits per heavy atom. The van der Waals surface area contributed by atoms with Gasteiger partial charge in [0.2, 0.25) is 0 Å². The van der Waals surface area contributed by atoms with Crippen molar-refractivity contribution in [2.45, 2.75) is 45.7 Å². The maximum atomic E-state index is 12.9. The molecule has 1 amide bonds. The van der Waals surface area contributed by atoms with Crippen molar-refractivity contribution in [1.82, 2.24) is 19.7 Å². The summed E-state index contributed by atoms with van der Waals surface area (Å²) < 4.78 is 1.84. The number of aryl methyl sites for hydroxylation is 1. The molecule has 1 N–H and O–H groups in total. The standard InChI is InChI=1S/C16H22N4O2/c1-10(2)20-15-14(9-17-20)13(8-11(3)18-15)16(22)19(6-7-21)12-4-5-12/h8-10,12,21H,4-7H2,1-3H3. The fourth-order valence-corrected chi connectivity index (χ4v) is 2.80. The van der Waals surface area contributed by atoms with Crippen LogP contribution in [0.5, 0.6) is 0 Å². The molecule has 0 aliphatic heterocycles. The molecule has 3 rings (SSSR count). The third-order valence-corrected chi connectivity index (χ3v) is 4.00. The highest BCUT2D eigenvalue weighted by Gasteiger charge is 2.33. The van der Waals surface area contributed by atoms with Gasteiger partial charge in [0.15, 0.2) is 5.65 Å². The molecule has 0 saturated heterocycles. The van der Waals surface area contributed by atoms with E-state index < -0.39 is 0 Å². The highest BCUT2D eigenvalue weighted by atomic mass is 16.3. The van der Waals surface area contributed by atoms with Crippen LogP contribution in [0.2, 0.25) is 0 Å². The van der Waals surface area contributed by atoms with E-state index in [1.165, 1.54) is 0 Å². The summed E-state index contributed by atoms with van der Waals surface area (Å²) >= 11 is 0. The van der Waals surface area contributed by atoms with Gasteiger partial charge in [0, 0.05) is 24.3 Å². The highest BCUT2D eigenvalue weighted by Crippen LogP contribution is 2.30. The Hall–Kier alpha value is -1.95. The van der Waals surface area contributed by atoms with Gasteiger partial charge in [-0.05, 0) is 39.7 Å². The summed E-state index contributed by atoms with van der Waals surface area (Å²) in [5.74, 6) is -0.0321. The van der Waals surface area contributed by atoms with E-state index in [-0.39, 0.29) is 24.6 Å². The fourth-order valence-electron chi connectivity index (χ4n) is 2.80. The van der Waals surface area contributed by atoms with Gasteiger partial charge in [-0.3, -0.25) is 4.79 Å². The summed E-state index contributed by atoms with van der Waals surface area (Å²) in [6, 6.07) is 2.28. The molecule has 2 heterocycles. The van der Waals surface area contributed by atoms with Crippen LogP contribution in [0, 0.1) is 6.92 Å². The molecule has 0 radical (unpaired) electrons. The highest BCUT2D eigenvalue weighted by molar-refractivity contribution is 6.05. The lowest BCUT2D eigenvalue weighted by Gasteiger charge is -2.22. The number of carbonyl (C=O) groups is 1. The topological polar surface area (TPSA) is 71.2 Å². The van der Waals surface area contributed by atoms with E-state index in [2.05, 4.69) is 10.1 Å². The Labute approximate surface area is 129 Å². The SMILES string of the molecule is Cc1cc(C(=O)N(CCO)C2CC2)c2cnn(C(C)C)c2n1. The molecule has 0 atom stereocenters. The molecule has 6 nitrogen and oxygen atoms in total. The maximum absolute atomic E-state index is 12.9. The largest absolute Gasteiger partial charge is 0.395 e. The van der Waals surface area contributed by atoms with Gasteiger partial charge in [0.25, 0.3) is 5.91 Å². The van der Waals surface area contributed by atoms with Crippen molar-refractivity contribution in [3.63, 3.8) is 0 Å². The number of aliphatic hydroxyl groups is 1. The molecule has 0 bridgehead atoms. The monoisotopic (exact) mass is 302 g/mol. The van der Waals surface area contributed by atoms with Crippen LogP contribution in [-0.4, -0.2) is 49.9 Å². The second-order valence-corrected chi connectivity index (χ2v) is 6.18. The van der Waals surface area contributed by atoms with Gasteiger partial charge < -0.3 is 10.0 Å². The second kappa shape index (κ2) is 5.68. The minimum absolute atomic E-state index is 0.0132. The van der Waals surface area contributed by atoms with Crippen molar-refractivity contribution in [2.24, 2.45) is 0 Å². The number of amides is 1. The van der Waals surface area contributed by atoms with Crippen LogP contribution in [-0.2, 0) is 0 Å². The van der Waals surface area contributed by atoms with Crippen LogP contribution < -0.4 is 0 Å². The van der Waals surface area contributed by atoms with Crippen LogP contribution in [0.3, 0.4) is 0 Å². The molecule has 6 heteroatoms. The Balaban J connectivity index is 2.07. The van der Waals surface area contributed by atoms with Gasteiger partial charge in [-0.2, -0.15) is 5.10 Å². The lowest BCUT2D eigenvalue weighted by Crippen LogP contribution is -2.35. The Bertz CT molecular complexity index is 703. The molecule has 118 valence electrons. The summed E-state index contributed by atoms with van der Waals surface area (Å²) in [5, 5.41) is 14.4. The Kier molecular flexibility index (Phi) is 3.87. The Morgan fingerprint density at radius 3 is 2.82 bits per heavy atom. The zero-order valence-corrected chi connectivity index (χ0v) is 13.3. The van der Waals surface area contributed by atoms with Crippen molar-refractivity contribution in [3.8, 4) is 0 Å². The fraction of sp³-hybridized carbons (Fsp3) is 0.562. The van der Waals surface area contributed by atoms with Crippen LogP contribution in [0.25, 0.3) is 11.0 Å². The zero-order chi connectivity index (χ0) is 15.9. The van der Waals surface area contributed by atoms with Crippen molar-refractivity contribution in [3.05, 3.63) is 23.5 Å². The smallest absolute Gasteiger partial charge is 0.255 e. The van der Waals surface area contributed by atoms with Crippen LogP contribution in [0.15, 0.2) is 12.3 Å². The Morgan fingerprint density at radius 1 is 1.50 bits per heavy atom. The number of fused-ring (bicyclic) bond motifs is 1. The van der Waals surface area contributed by atoms with E-state index in [0.717, 1.165) is 29.6 Å². The molecular formula is C16H22N4O2. The second-order valence-electron chi connectivity index (χ2n) is 6.18. The van der Waals surface area contributed by atoms with Crippen molar-refractivity contribution in [1.29, 1.82) is 0 Å². The molecule has 0 unspecified atom stereocenters. The number of hydrogen-bond donors (Lipinski definition) is 1. The summed E-state index contributed by atoms with van der Waals surface area (Å²) in [6.07, 6.45) is 3.76. The molecule has 22 heavy (non-hydrogen) atoms. The number of carbonyl (C=O) groups excluding carboxylic acids is 1. The van der Waals surface area contributed by atoms with Gasteiger partial charge in [0.1, 0.15) is 0 Å². The predicted octanol–water partition coefficient (Wildman–Crippen LogP) is 1.92. The molecule has 1 aliphatic rings. The van der Waals surface area contributed by atoms with E-state index in [4.69, 9.17) is 0 Å². The van der Waals surface area contributed by atoms with E-state index >= 15 is 0 Å². The number of nitrogens with zero attached hydrogens (tertiary/aromatic N) is 4. The molecule has 2 aromatic rings. The van der Waals surface area contributed by atoms with Crippen molar-refractivity contribution in [2.75, 3.05) is 13.2 Å². The first kappa shape index (κ1) is 15.0. The number of aromatic nitrogens is 3. The van der Waals surface area contributed by atoms with E-state index in [1.807, 2.05) is 31.5 Å². The van der Waals surface area contributed by atoms with Crippen LogP contribution >= 0.6 is 0 Å². The van der Waals surface area contributed by atoms with Gasteiger partial charge in [0.05, 0.1) is 23.8 Å². The number of hydrogen-bond acceptors (Lipinski definition) is 4. The summed E-state index contributed by atoms with van der Waals surface area (Å²) in [7, 11) is 0. The summed E-state index contributed by atoms with van der Waals surface area (Å²) in [4.78, 5) is 19.2. The summed E-state index contributed by atoms with van der Waals surface area (Å²) in [5.41, 5.74) is 2.19. The first-order chi connectivity index (χ1) is 10.5. The molecule has 1 aliphatic carbocycles. The zero-order valence-electron chi connectivity index (χ0n) is 13.3. The number of aliphatic hydroxyl groups excluding tert-OH is 1. The van der Waals surface area contributed by atoms with Gasteiger partial charge in [-0.25, -0.2) is 9.67 Å². The van der Waals surface area contributed by atoms with Crippen molar-refractivity contribution >= 4 is 16.9 Å². The minimum atomic E-state index is -0.0321. The minimum Gasteiger partial charge on any atom is -0.395 e.